The molecule has 0 saturated heterocycles. The molecule has 138 valence electrons. The molecular weight excluding hydrogens is 419 g/mol. The Balaban J connectivity index is 1.86. The Labute approximate surface area is 166 Å². The quantitative estimate of drug-likeness (QED) is 0.437. The highest BCUT2D eigenvalue weighted by molar-refractivity contribution is 7.90. The van der Waals surface area contributed by atoms with E-state index in [1.807, 2.05) is 0 Å². The van der Waals surface area contributed by atoms with E-state index >= 15 is 0 Å². The number of carbonyl (C=O) groups is 1. The topological polar surface area (TPSA) is 99.3 Å². The summed E-state index contributed by atoms with van der Waals surface area (Å²) in [7, 11) is -3.29. The van der Waals surface area contributed by atoms with E-state index in [-0.39, 0.29) is 10.0 Å². The number of nitrogens with one attached hydrogen (secondary N) is 4. The molecule has 0 bridgehead atoms. The number of hydrazine groups is 1. The number of urea groups is 1. The van der Waals surface area contributed by atoms with Crippen molar-refractivity contribution in [1.82, 2.24) is 10.9 Å². The minimum Gasteiger partial charge on any atom is -0.330 e. The van der Waals surface area contributed by atoms with Gasteiger partial charge in [0.1, 0.15) is 0 Å². The first-order chi connectivity index (χ1) is 12.2. The van der Waals surface area contributed by atoms with Crippen molar-refractivity contribution >= 4 is 67.8 Å². The summed E-state index contributed by atoms with van der Waals surface area (Å²) in [5.41, 5.74) is 5.72. The van der Waals surface area contributed by atoms with Gasteiger partial charge in [0, 0.05) is 11.9 Å². The second-order valence-corrected chi connectivity index (χ2v) is 8.27. The van der Waals surface area contributed by atoms with Gasteiger partial charge in [0.2, 0.25) is 0 Å². The number of amides is 2. The summed E-state index contributed by atoms with van der Waals surface area (Å²) >= 11 is 17.0. The highest BCUT2D eigenvalue weighted by Crippen LogP contribution is 2.29. The summed E-state index contributed by atoms with van der Waals surface area (Å²) in [6.07, 6.45) is 1.10. The third-order valence-corrected chi connectivity index (χ3v) is 5.18. The predicted molar refractivity (Wildman–Crippen MR) is 108 cm³/mol. The van der Waals surface area contributed by atoms with Crippen molar-refractivity contribution in [2.45, 2.75) is 4.90 Å². The fraction of sp³-hybridized carbons (Fsp3) is 0.0667. The molecule has 0 fully saturated rings. The number of benzene rings is 2. The second-order valence-electron chi connectivity index (χ2n) is 5.06. The second kappa shape index (κ2) is 8.54. The van der Waals surface area contributed by atoms with Gasteiger partial charge >= 0.3 is 6.03 Å². The van der Waals surface area contributed by atoms with E-state index in [2.05, 4.69) is 21.5 Å². The molecule has 11 heteroatoms. The van der Waals surface area contributed by atoms with Gasteiger partial charge in [-0.2, -0.15) is 0 Å². The van der Waals surface area contributed by atoms with Crippen LogP contribution in [0.15, 0.2) is 47.4 Å². The van der Waals surface area contributed by atoms with Gasteiger partial charge in [-0.1, -0.05) is 29.3 Å². The summed E-state index contributed by atoms with van der Waals surface area (Å²) in [6.45, 7) is 0. The Kier molecular flexibility index (Phi) is 6.65. The minimum absolute atomic E-state index is 0.0942. The fourth-order valence-electron chi connectivity index (χ4n) is 1.82. The largest absolute Gasteiger partial charge is 0.337 e. The summed E-state index contributed by atoms with van der Waals surface area (Å²) in [6, 6.07) is 10.1. The Morgan fingerprint density at radius 3 is 2.27 bits per heavy atom. The van der Waals surface area contributed by atoms with Gasteiger partial charge in [0.05, 0.1) is 20.6 Å². The molecule has 0 spiro atoms. The molecule has 0 radical (unpaired) electrons. The van der Waals surface area contributed by atoms with E-state index in [0.717, 1.165) is 6.26 Å². The van der Waals surface area contributed by atoms with Gasteiger partial charge in [-0.3, -0.25) is 5.43 Å². The van der Waals surface area contributed by atoms with Crippen LogP contribution in [0.25, 0.3) is 0 Å². The molecule has 0 aromatic heterocycles. The number of carbonyl (C=O) groups excluding carboxylic acids is 1. The Bertz CT molecular complexity index is 934. The molecule has 0 saturated carbocycles. The lowest BCUT2D eigenvalue weighted by Crippen LogP contribution is -2.45. The summed E-state index contributed by atoms with van der Waals surface area (Å²) in [5.74, 6) is 0. The molecule has 0 unspecified atom stereocenters. The van der Waals surface area contributed by atoms with Crippen LogP contribution in [-0.4, -0.2) is 25.8 Å². The lowest BCUT2D eigenvalue weighted by Gasteiger charge is -2.13. The Morgan fingerprint density at radius 1 is 1.00 bits per heavy atom. The van der Waals surface area contributed by atoms with Crippen molar-refractivity contribution in [3.05, 3.63) is 52.5 Å². The fourth-order valence-corrected chi connectivity index (χ4v) is 2.95. The molecule has 26 heavy (non-hydrogen) atoms. The molecule has 2 aromatic carbocycles. The summed E-state index contributed by atoms with van der Waals surface area (Å²) < 4.78 is 22.8. The Hall–Kier alpha value is -2.07. The van der Waals surface area contributed by atoms with Gasteiger partial charge in [-0.15, -0.1) is 0 Å². The maximum Gasteiger partial charge on any atom is 0.337 e. The lowest BCUT2D eigenvalue weighted by molar-refractivity contribution is 0.250. The maximum atomic E-state index is 11.8. The van der Waals surface area contributed by atoms with Crippen molar-refractivity contribution in [3.8, 4) is 0 Å². The molecule has 7 nitrogen and oxygen atoms in total. The van der Waals surface area contributed by atoms with Crippen molar-refractivity contribution < 1.29 is 13.2 Å². The molecular formula is C15H14Cl2N4O3S2. The van der Waals surface area contributed by atoms with Crippen molar-refractivity contribution in [1.29, 1.82) is 0 Å². The standard InChI is InChI=1S/C15H14Cl2N4O3S2/c1-26(23,24)10-7-5-9(6-8-10)18-14(22)20-21-15(25)19-12-4-2-3-11(16)13(12)17/h2-8H,1H3,(H2,18,20,22)(H2,19,21,25). The highest BCUT2D eigenvalue weighted by atomic mass is 35.5. The molecule has 0 aliphatic heterocycles. The molecule has 4 N–H and O–H groups in total. The first-order valence-corrected chi connectivity index (χ1v) is 10.1. The van der Waals surface area contributed by atoms with E-state index in [4.69, 9.17) is 35.4 Å². The molecule has 2 aromatic rings. The highest BCUT2D eigenvalue weighted by Gasteiger charge is 2.09. The average molecular weight is 433 g/mol. The number of anilines is 2. The monoisotopic (exact) mass is 432 g/mol. The summed E-state index contributed by atoms with van der Waals surface area (Å²) in [4.78, 5) is 12.0. The third-order valence-electron chi connectivity index (χ3n) is 3.03. The van der Waals surface area contributed by atoms with Gasteiger partial charge in [0.25, 0.3) is 0 Å². The SMILES string of the molecule is CS(=O)(=O)c1ccc(NC(=O)NNC(=S)Nc2cccc(Cl)c2Cl)cc1. The number of rotatable bonds is 3. The van der Waals surface area contributed by atoms with Crippen LogP contribution in [-0.2, 0) is 9.84 Å². The van der Waals surface area contributed by atoms with Crippen LogP contribution in [0, 0.1) is 0 Å². The molecule has 0 aliphatic rings. The molecule has 2 amide bonds. The minimum atomic E-state index is -3.29. The number of hydrogen-bond donors (Lipinski definition) is 4. The van der Waals surface area contributed by atoms with Gasteiger partial charge in [-0.25, -0.2) is 18.6 Å². The van der Waals surface area contributed by atoms with E-state index in [1.165, 1.54) is 24.3 Å². The van der Waals surface area contributed by atoms with Crippen molar-refractivity contribution in [3.63, 3.8) is 0 Å². The van der Waals surface area contributed by atoms with Crippen LogP contribution in [0.5, 0.6) is 0 Å². The normalized spacial score (nSPS) is 10.7. The zero-order valence-electron chi connectivity index (χ0n) is 13.3. The number of halogens is 2. The lowest BCUT2D eigenvalue weighted by atomic mass is 10.3. The maximum absolute atomic E-state index is 11.8. The Morgan fingerprint density at radius 2 is 1.65 bits per heavy atom. The van der Waals surface area contributed by atoms with Crippen molar-refractivity contribution in [2.24, 2.45) is 0 Å². The van der Waals surface area contributed by atoms with Crippen LogP contribution >= 0.6 is 35.4 Å². The van der Waals surface area contributed by atoms with Crippen LogP contribution < -0.4 is 21.5 Å². The van der Waals surface area contributed by atoms with Gasteiger partial charge < -0.3 is 10.6 Å². The van der Waals surface area contributed by atoms with E-state index in [1.54, 1.807) is 18.2 Å². The molecule has 2 rings (SSSR count). The third kappa shape index (κ3) is 5.73. The van der Waals surface area contributed by atoms with Gasteiger partial charge in [0.15, 0.2) is 14.9 Å². The van der Waals surface area contributed by atoms with Crippen LogP contribution in [0.4, 0.5) is 16.2 Å². The average Bonchev–Trinajstić information content (AvgIpc) is 2.57. The zero-order chi connectivity index (χ0) is 19.3. The summed E-state index contributed by atoms with van der Waals surface area (Å²) in [5, 5.41) is 6.07. The van der Waals surface area contributed by atoms with Crippen LogP contribution in [0.1, 0.15) is 0 Å². The van der Waals surface area contributed by atoms with Gasteiger partial charge in [-0.05, 0) is 48.6 Å². The van der Waals surface area contributed by atoms with E-state index in [9.17, 15) is 13.2 Å². The molecule has 0 heterocycles. The van der Waals surface area contributed by atoms with Crippen LogP contribution in [0.2, 0.25) is 10.0 Å². The first kappa shape index (κ1) is 20.2. The number of sulfone groups is 1. The van der Waals surface area contributed by atoms with E-state index in [0.29, 0.717) is 21.4 Å². The van der Waals surface area contributed by atoms with Crippen molar-refractivity contribution in [2.75, 3.05) is 16.9 Å². The first-order valence-electron chi connectivity index (χ1n) is 7.05. The van der Waals surface area contributed by atoms with E-state index < -0.39 is 15.9 Å². The zero-order valence-corrected chi connectivity index (χ0v) is 16.5. The molecule has 0 aliphatic carbocycles. The van der Waals surface area contributed by atoms with Crippen LogP contribution in [0.3, 0.4) is 0 Å². The number of hydrogen-bond acceptors (Lipinski definition) is 4. The smallest absolute Gasteiger partial charge is 0.330 e. The predicted octanol–water partition coefficient (Wildman–Crippen LogP) is 3.42. The number of thiocarbonyl (C=S) groups is 1. The molecule has 0 atom stereocenters.